The van der Waals surface area contributed by atoms with E-state index in [-0.39, 0.29) is 47.3 Å². The average molecular weight is 530 g/mol. The number of nitrogens with one attached hydrogen (secondary N) is 2. The smallest absolute Gasteiger partial charge is 0.225 e. The molecule has 1 aromatic rings. The van der Waals surface area contributed by atoms with Gasteiger partial charge in [0.05, 0.1) is 0 Å². The van der Waals surface area contributed by atoms with Crippen LogP contribution >= 0.6 is 24.0 Å². The number of nitrogens with zero attached hydrogens (tertiary/aromatic N) is 2. The molecule has 30 heavy (non-hydrogen) atoms. The van der Waals surface area contributed by atoms with Crippen molar-refractivity contribution in [2.24, 2.45) is 10.9 Å². The number of hydrogen-bond acceptors (Lipinski definition) is 4. The number of benzene rings is 1. The molecule has 1 unspecified atom stereocenters. The minimum Gasteiger partial charge on any atom is -0.486 e. The van der Waals surface area contributed by atoms with Gasteiger partial charge in [0.1, 0.15) is 13.2 Å². The summed E-state index contributed by atoms with van der Waals surface area (Å²) in [6, 6.07) is 6.37. The van der Waals surface area contributed by atoms with E-state index in [2.05, 4.69) is 41.6 Å². The van der Waals surface area contributed by atoms with Crippen molar-refractivity contribution in [3.8, 4) is 11.5 Å². The Morgan fingerprint density at radius 3 is 2.63 bits per heavy atom. The zero-order valence-electron chi connectivity index (χ0n) is 18.7. The molecule has 1 fully saturated rings. The predicted molar refractivity (Wildman–Crippen MR) is 130 cm³/mol. The number of rotatable bonds is 5. The SMILES string of the molecule is CN=C(NCC(C)(C)c1ccc2c(c1)OCCO2)NC1CCN(C(=O)C(C)C)C1.I. The molecule has 1 amide bonds. The average Bonchev–Trinajstić information content (AvgIpc) is 3.18. The van der Waals surface area contributed by atoms with Crippen LogP contribution in [0.15, 0.2) is 23.2 Å². The highest BCUT2D eigenvalue weighted by atomic mass is 127. The zero-order chi connectivity index (χ0) is 21.0. The maximum atomic E-state index is 12.2. The van der Waals surface area contributed by atoms with Crippen molar-refractivity contribution in [3.05, 3.63) is 23.8 Å². The first-order valence-corrected chi connectivity index (χ1v) is 10.5. The van der Waals surface area contributed by atoms with Gasteiger partial charge in [-0.25, -0.2) is 0 Å². The van der Waals surface area contributed by atoms with Gasteiger partial charge in [-0.05, 0) is 24.1 Å². The highest BCUT2D eigenvalue weighted by molar-refractivity contribution is 14.0. The summed E-state index contributed by atoms with van der Waals surface area (Å²) in [6.45, 7) is 11.7. The van der Waals surface area contributed by atoms with Gasteiger partial charge in [0.25, 0.3) is 0 Å². The van der Waals surface area contributed by atoms with Gasteiger partial charge in [0, 0.05) is 44.1 Å². The molecule has 2 aliphatic rings. The molecular weight excluding hydrogens is 495 g/mol. The molecule has 168 valence electrons. The van der Waals surface area contributed by atoms with Crippen molar-refractivity contribution >= 4 is 35.8 Å². The largest absolute Gasteiger partial charge is 0.486 e. The van der Waals surface area contributed by atoms with Crippen LogP contribution in [0.2, 0.25) is 0 Å². The topological polar surface area (TPSA) is 75.2 Å². The van der Waals surface area contributed by atoms with E-state index < -0.39 is 0 Å². The van der Waals surface area contributed by atoms with Crippen LogP contribution in [0.3, 0.4) is 0 Å². The quantitative estimate of drug-likeness (QED) is 0.348. The van der Waals surface area contributed by atoms with Crippen molar-refractivity contribution in [1.29, 1.82) is 0 Å². The molecule has 7 nitrogen and oxygen atoms in total. The van der Waals surface area contributed by atoms with Gasteiger partial charge in [-0.1, -0.05) is 33.8 Å². The predicted octanol–water partition coefficient (Wildman–Crippen LogP) is 2.78. The van der Waals surface area contributed by atoms with Gasteiger partial charge >= 0.3 is 0 Å². The van der Waals surface area contributed by atoms with Crippen LogP contribution in [0, 0.1) is 5.92 Å². The summed E-state index contributed by atoms with van der Waals surface area (Å²) in [5.41, 5.74) is 1.06. The van der Waals surface area contributed by atoms with Crippen molar-refractivity contribution in [3.63, 3.8) is 0 Å². The van der Waals surface area contributed by atoms with E-state index >= 15 is 0 Å². The molecule has 0 bridgehead atoms. The van der Waals surface area contributed by atoms with E-state index in [1.165, 1.54) is 5.56 Å². The molecular formula is C22H35IN4O3. The van der Waals surface area contributed by atoms with Gasteiger partial charge in [-0.2, -0.15) is 0 Å². The fourth-order valence-corrected chi connectivity index (χ4v) is 3.70. The van der Waals surface area contributed by atoms with Crippen molar-refractivity contribution in [2.45, 2.75) is 45.6 Å². The number of guanidine groups is 1. The Morgan fingerprint density at radius 2 is 1.97 bits per heavy atom. The highest BCUT2D eigenvalue weighted by Gasteiger charge is 2.29. The van der Waals surface area contributed by atoms with Gasteiger partial charge in [0.15, 0.2) is 17.5 Å². The fourth-order valence-electron chi connectivity index (χ4n) is 3.70. The summed E-state index contributed by atoms with van der Waals surface area (Å²) in [5, 5.41) is 6.91. The minimum absolute atomic E-state index is 0. The van der Waals surface area contributed by atoms with Crippen LogP contribution < -0.4 is 20.1 Å². The van der Waals surface area contributed by atoms with E-state index in [4.69, 9.17) is 9.47 Å². The van der Waals surface area contributed by atoms with E-state index in [0.717, 1.165) is 37.0 Å². The standard InChI is InChI=1S/C22H34N4O3.HI/c1-15(2)20(27)26-9-8-17(13-26)25-21(23-5)24-14-22(3,4)16-6-7-18-19(12-16)29-11-10-28-18;/h6-7,12,15,17H,8-11,13-14H2,1-5H3,(H2,23,24,25);1H. The Bertz CT molecular complexity index is 767. The molecule has 0 radical (unpaired) electrons. The molecule has 2 N–H and O–H groups in total. The van der Waals surface area contributed by atoms with E-state index in [0.29, 0.717) is 19.8 Å². The number of fused-ring (bicyclic) bond motifs is 1. The van der Waals surface area contributed by atoms with Crippen LogP contribution in [-0.4, -0.2) is 62.7 Å². The zero-order valence-corrected chi connectivity index (χ0v) is 21.0. The molecule has 8 heteroatoms. The first-order valence-electron chi connectivity index (χ1n) is 10.5. The molecule has 0 saturated carbocycles. The molecule has 0 aliphatic carbocycles. The summed E-state index contributed by atoms with van der Waals surface area (Å²) < 4.78 is 11.4. The molecule has 2 heterocycles. The van der Waals surface area contributed by atoms with Crippen LogP contribution in [0.1, 0.15) is 39.7 Å². The first-order chi connectivity index (χ1) is 13.8. The van der Waals surface area contributed by atoms with Crippen molar-refractivity contribution < 1.29 is 14.3 Å². The molecule has 2 aliphatic heterocycles. The van der Waals surface area contributed by atoms with Crippen molar-refractivity contribution in [2.75, 3.05) is 39.9 Å². The summed E-state index contributed by atoms with van der Waals surface area (Å²) in [7, 11) is 1.78. The Hall–Kier alpha value is -1.71. The Balaban J connectivity index is 0.00000320. The summed E-state index contributed by atoms with van der Waals surface area (Å²) >= 11 is 0. The van der Waals surface area contributed by atoms with E-state index in [9.17, 15) is 4.79 Å². The maximum absolute atomic E-state index is 12.2. The summed E-state index contributed by atoms with van der Waals surface area (Å²) in [5.74, 6) is 2.64. The number of halogens is 1. The Kier molecular flexibility index (Phi) is 8.63. The molecule has 1 aromatic carbocycles. The lowest BCUT2D eigenvalue weighted by Gasteiger charge is -2.29. The van der Waals surface area contributed by atoms with E-state index in [1.54, 1.807) is 7.05 Å². The van der Waals surface area contributed by atoms with Gasteiger partial charge in [0.2, 0.25) is 5.91 Å². The monoisotopic (exact) mass is 530 g/mol. The van der Waals surface area contributed by atoms with Crippen LogP contribution in [0.4, 0.5) is 0 Å². The molecule has 0 aromatic heterocycles. The lowest BCUT2D eigenvalue weighted by atomic mass is 9.84. The normalized spacial score (nSPS) is 18.8. The minimum atomic E-state index is -0.122. The number of aliphatic imine (C=N–C) groups is 1. The van der Waals surface area contributed by atoms with E-state index in [1.807, 2.05) is 24.8 Å². The maximum Gasteiger partial charge on any atom is 0.225 e. The second-order valence-corrected chi connectivity index (χ2v) is 8.74. The number of likely N-dealkylation sites (tertiary alicyclic amines) is 1. The molecule has 0 spiro atoms. The van der Waals surface area contributed by atoms with Crippen LogP contribution in [-0.2, 0) is 10.2 Å². The van der Waals surface area contributed by atoms with Gasteiger partial charge in [-0.3, -0.25) is 9.79 Å². The number of amides is 1. The number of carbonyl (C=O) groups is 1. The third-order valence-electron chi connectivity index (χ3n) is 5.58. The lowest BCUT2D eigenvalue weighted by molar-refractivity contribution is -0.133. The van der Waals surface area contributed by atoms with Gasteiger partial charge in [-0.15, -0.1) is 24.0 Å². The second kappa shape index (κ2) is 10.5. The van der Waals surface area contributed by atoms with Crippen LogP contribution in [0.5, 0.6) is 11.5 Å². The summed E-state index contributed by atoms with van der Waals surface area (Å²) in [4.78, 5) is 18.5. The number of hydrogen-bond donors (Lipinski definition) is 2. The third-order valence-corrected chi connectivity index (χ3v) is 5.58. The third kappa shape index (κ3) is 5.92. The van der Waals surface area contributed by atoms with Crippen molar-refractivity contribution in [1.82, 2.24) is 15.5 Å². The first kappa shape index (κ1) is 24.6. The second-order valence-electron chi connectivity index (χ2n) is 8.74. The highest BCUT2D eigenvalue weighted by Crippen LogP contribution is 2.34. The molecule has 1 atom stereocenters. The molecule has 1 saturated heterocycles. The lowest BCUT2D eigenvalue weighted by Crippen LogP contribution is -2.48. The summed E-state index contributed by atoms with van der Waals surface area (Å²) in [6.07, 6.45) is 0.935. The Morgan fingerprint density at radius 1 is 1.27 bits per heavy atom. The fraction of sp³-hybridized carbons (Fsp3) is 0.636. The molecule has 3 rings (SSSR count). The van der Waals surface area contributed by atoms with Gasteiger partial charge < -0.3 is 25.0 Å². The number of ether oxygens (including phenoxy) is 2. The van der Waals surface area contributed by atoms with Crippen LogP contribution in [0.25, 0.3) is 0 Å². The number of carbonyl (C=O) groups excluding carboxylic acids is 1. The Labute approximate surface area is 197 Å².